The monoisotopic (exact) mass is 389 g/mol. The minimum Gasteiger partial charge on any atom is -0.354 e. The Morgan fingerprint density at radius 2 is 1.83 bits per heavy atom. The van der Waals surface area contributed by atoms with Gasteiger partial charge in [-0.05, 0) is 23.1 Å². The molecule has 2 aromatic carbocycles. The number of nitrogens with zero attached hydrogens (tertiary/aromatic N) is 4. The van der Waals surface area contributed by atoms with Crippen molar-refractivity contribution in [3.8, 4) is 11.1 Å². The number of carbonyl (C=O) groups is 2. The molecule has 4 rings (SSSR count). The second-order valence-corrected chi connectivity index (χ2v) is 7.19. The Morgan fingerprint density at radius 1 is 1.07 bits per heavy atom. The summed E-state index contributed by atoms with van der Waals surface area (Å²) in [5, 5.41) is 6.91. The average Bonchev–Trinajstić information content (AvgIpc) is 3.19. The molecule has 0 aliphatic carbocycles. The molecule has 148 valence electrons. The van der Waals surface area contributed by atoms with E-state index in [9.17, 15) is 9.59 Å². The molecular formula is C22H23N5O2. The number of hydrogen-bond acceptors (Lipinski definition) is 4. The molecule has 0 radical (unpaired) electrons. The summed E-state index contributed by atoms with van der Waals surface area (Å²) in [6.07, 6.45) is 3.52. The molecule has 1 aliphatic heterocycles. The highest BCUT2D eigenvalue weighted by Crippen LogP contribution is 2.21. The summed E-state index contributed by atoms with van der Waals surface area (Å²) < 4.78 is 1.50. The lowest BCUT2D eigenvalue weighted by molar-refractivity contribution is -0.132. The number of rotatable bonds is 5. The van der Waals surface area contributed by atoms with Gasteiger partial charge in [0.15, 0.2) is 0 Å². The van der Waals surface area contributed by atoms with E-state index in [1.165, 1.54) is 17.3 Å². The third-order valence-corrected chi connectivity index (χ3v) is 5.15. The lowest BCUT2D eigenvalue weighted by atomic mass is 9.96. The second-order valence-electron chi connectivity index (χ2n) is 7.19. The van der Waals surface area contributed by atoms with Crippen molar-refractivity contribution < 1.29 is 9.59 Å². The highest BCUT2D eigenvalue weighted by atomic mass is 16.2. The minimum absolute atomic E-state index is 0.00630. The van der Waals surface area contributed by atoms with E-state index in [0.29, 0.717) is 26.1 Å². The largest absolute Gasteiger partial charge is 0.354 e. The van der Waals surface area contributed by atoms with Crippen molar-refractivity contribution in [1.82, 2.24) is 25.0 Å². The SMILES string of the molecule is O=C1NCCN(C(=O)Cn2cncn2)CC1Cc1ccc(-c2ccccc2)cc1. The zero-order valence-electron chi connectivity index (χ0n) is 16.1. The molecule has 1 saturated heterocycles. The normalized spacial score (nSPS) is 16.9. The van der Waals surface area contributed by atoms with Crippen LogP contribution >= 0.6 is 0 Å². The molecule has 0 bridgehead atoms. The van der Waals surface area contributed by atoms with Crippen LogP contribution in [0.4, 0.5) is 0 Å². The van der Waals surface area contributed by atoms with Gasteiger partial charge in [0, 0.05) is 19.6 Å². The van der Waals surface area contributed by atoms with Crippen LogP contribution in [0.15, 0.2) is 67.3 Å². The molecule has 1 N–H and O–H groups in total. The van der Waals surface area contributed by atoms with Gasteiger partial charge in [-0.25, -0.2) is 9.67 Å². The zero-order chi connectivity index (χ0) is 20.1. The predicted octanol–water partition coefficient (Wildman–Crippen LogP) is 1.76. The van der Waals surface area contributed by atoms with Gasteiger partial charge >= 0.3 is 0 Å². The van der Waals surface area contributed by atoms with E-state index in [-0.39, 0.29) is 24.3 Å². The standard InChI is InChI=1S/C22H23N5O2/c28-21(14-27-16-23-15-25-27)26-11-10-24-22(29)20(13-26)12-17-6-8-19(9-7-17)18-4-2-1-3-5-18/h1-9,15-16,20H,10-14H2,(H,24,29). The number of nitrogens with one attached hydrogen (secondary N) is 1. The van der Waals surface area contributed by atoms with Gasteiger partial charge < -0.3 is 10.2 Å². The topological polar surface area (TPSA) is 80.1 Å². The highest BCUT2D eigenvalue weighted by Gasteiger charge is 2.27. The maximum Gasteiger partial charge on any atom is 0.244 e. The van der Waals surface area contributed by atoms with Crippen LogP contribution < -0.4 is 5.32 Å². The quantitative estimate of drug-likeness (QED) is 0.721. The summed E-state index contributed by atoms with van der Waals surface area (Å²) in [7, 11) is 0. The molecule has 3 aromatic rings. The van der Waals surface area contributed by atoms with Crippen LogP contribution in [0, 0.1) is 5.92 Å². The van der Waals surface area contributed by atoms with Crippen molar-refractivity contribution in [2.45, 2.75) is 13.0 Å². The van der Waals surface area contributed by atoms with Gasteiger partial charge in [0.1, 0.15) is 19.2 Å². The molecule has 2 amide bonds. The van der Waals surface area contributed by atoms with Gasteiger partial charge in [0.05, 0.1) is 5.92 Å². The van der Waals surface area contributed by atoms with Crippen molar-refractivity contribution in [1.29, 1.82) is 0 Å². The Bertz CT molecular complexity index is 955. The smallest absolute Gasteiger partial charge is 0.244 e. The lowest BCUT2D eigenvalue weighted by Gasteiger charge is -2.23. The summed E-state index contributed by atoms with van der Waals surface area (Å²) in [6, 6.07) is 18.5. The molecule has 29 heavy (non-hydrogen) atoms. The van der Waals surface area contributed by atoms with Crippen molar-refractivity contribution in [3.05, 3.63) is 72.8 Å². The Balaban J connectivity index is 1.43. The average molecular weight is 389 g/mol. The Labute approximate surface area is 169 Å². The Kier molecular flexibility index (Phi) is 5.65. The van der Waals surface area contributed by atoms with E-state index < -0.39 is 0 Å². The predicted molar refractivity (Wildman–Crippen MR) is 109 cm³/mol. The number of carbonyl (C=O) groups excluding carboxylic acids is 2. The molecule has 0 saturated carbocycles. The van der Waals surface area contributed by atoms with Crippen LogP contribution in [-0.4, -0.2) is 51.1 Å². The number of benzene rings is 2. The van der Waals surface area contributed by atoms with Gasteiger partial charge in [0.2, 0.25) is 11.8 Å². The van der Waals surface area contributed by atoms with Gasteiger partial charge in [-0.2, -0.15) is 5.10 Å². The van der Waals surface area contributed by atoms with Gasteiger partial charge in [0.25, 0.3) is 0 Å². The Morgan fingerprint density at radius 3 is 2.55 bits per heavy atom. The zero-order valence-corrected chi connectivity index (χ0v) is 16.1. The molecule has 1 atom stereocenters. The fourth-order valence-corrected chi connectivity index (χ4v) is 3.58. The van der Waals surface area contributed by atoms with Crippen LogP contribution in [-0.2, 0) is 22.6 Å². The summed E-state index contributed by atoms with van der Waals surface area (Å²) in [5.74, 6) is -0.343. The molecule has 1 aliphatic rings. The van der Waals surface area contributed by atoms with Crippen molar-refractivity contribution in [2.75, 3.05) is 19.6 Å². The molecule has 1 fully saturated rings. The molecule has 0 spiro atoms. The molecule has 1 unspecified atom stereocenters. The van der Waals surface area contributed by atoms with Crippen LogP contribution in [0.3, 0.4) is 0 Å². The van der Waals surface area contributed by atoms with Gasteiger partial charge in [-0.3, -0.25) is 9.59 Å². The summed E-state index contributed by atoms with van der Waals surface area (Å²) in [4.78, 5) is 30.7. The van der Waals surface area contributed by atoms with Crippen LogP contribution in [0.2, 0.25) is 0 Å². The molecule has 7 heteroatoms. The van der Waals surface area contributed by atoms with E-state index in [1.54, 1.807) is 4.90 Å². The van der Waals surface area contributed by atoms with E-state index in [2.05, 4.69) is 51.8 Å². The van der Waals surface area contributed by atoms with E-state index >= 15 is 0 Å². The van der Waals surface area contributed by atoms with Crippen LogP contribution in [0.1, 0.15) is 5.56 Å². The van der Waals surface area contributed by atoms with Crippen molar-refractivity contribution >= 4 is 11.8 Å². The van der Waals surface area contributed by atoms with Crippen molar-refractivity contribution in [2.24, 2.45) is 5.92 Å². The first kappa shape index (κ1) is 18.9. The lowest BCUT2D eigenvalue weighted by Crippen LogP contribution is -2.39. The van der Waals surface area contributed by atoms with Crippen molar-refractivity contribution in [3.63, 3.8) is 0 Å². The summed E-state index contributed by atoms with van der Waals surface area (Å²) in [5.41, 5.74) is 3.39. The van der Waals surface area contributed by atoms with Crippen LogP contribution in [0.25, 0.3) is 11.1 Å². The fourth-order valence-electron chi connectivity index (χ4n) is 3.58. The van der Waals surface area contributed by atoms with Gasteiger partial charge in [-0.1, -0.05) is 54.6 Å². The van der Waals surface area contributed by atoms with Crippen LogP contribution in [0.5, 0.6) is 0 Å². The first-order valence-electron chi connectivity index (χ1n) is 9.71. The molecular weight excluding hydrogens is 366 g/mol. The summed E-state index contributed by atoms with van der Waals surface area (Å²) in [6.45, 7) is 1.50. The van der Waals surface area contributed by atoms with E-state index in [4.69, 9.17) is 0 Å². The minimum atomic E-state index is -0.278. The number of hydrogen-bond donors (Lipinski definition) is 1. The molecule has 1 aromatic heterocycles. The maximum absolute atomic E-state index is 12.6. The van der Waals surface area contributed by atoms with E-state index in [1.807, 2.05) is 18.2 Å². The molecule has 2 heterocycles. The van der Waals surface area contributed by atoms with Gasteiger partial charge in [-0.15, -0.1) is 0 Å². The Hall–Kier alpha value is -3.48. The third-order valence-electron chi connectivity index (χ3n) is 5.15. The second kappa shape index (κ2) is 8.68. The number of amides is 2. The summed E-state index contributed by atoms with van der Waals surface area (Å²) >= 11 is 0. The molecule has 7 nitrogen and oxygen atoms in total. The first-order valence-corrected chi connectivity index (χ1v) is 9.71. The highest BCUT2D eigenvalue weighted by molar-refractivity contribution is 5.82. The fraction of sp³-hybridized carbons (Fsp3) is 0.273. The number of aromatic nitrogens is 3. The van der Waals surface area contributed by atoms with E-state index in [0.717, 1.165) is 16.7 Å². The maximum atomic E-state index is 12.6. The third kappa shape index (κ3) is 4.68. The first-order chi connectivity index (χ1) is 14.2.